The number of nitrogens with zero attached hydrogens (tertiary/aromatic N) is 5. The third-order valence-corrected chi connectivity index (χ3v) is 19.1. The molecular weight excluding hydrogens is 1440 g/mol. The predicted molar refractivity (Wildman–Crippen MR) is 418 cm³/mol. The molecule has 32 heteroatoms. The highest BCUT2D eigenvalue weighted by Crippen LogP contribution is 2.24. The highest BCUT2D eigenvalue weighted by molar-refractivity contribution is 6.30. The van der Waals surface area contributed by atoms with Gasteiger partial charge in [0.05, 0.1) is 6.61 Å². The molecule has 1 saturated heterocycles. The summed E-state index contributed by atoms with van der Waals surface area (Å²) in [5.41, 5.74) is 14.3. The lowest BCUT2D eigenvalue weighted by Crippen LogP contribution is -2.62. The van der Waals surface area contributed by atoms with Gasteiger partial charge in [-0.3, -0.25) is 57.7 Å². The fourth-order valence-corrected chi connectivity index (χ4v) is 13.0. The highest BCUT2D eigenvalue weighted by Gasteiger charge is 2.41. The van der Waals surface area contributed by atoms with Crippen LogP contribution in [0.15, 0.2) is 140 Å². The zero-order valence-corrected chi connectivity index (χ0v) is 64.0. The van der Waals surface area contributed by atoms with E-state index < -0.39 is 132 Å². The smallest absolute Gasteiger partial charge is 0.247 e. The van der Waals surface area contributed by atoms with Crippen molar-refractivity contribution in [2.24, 2.45) is 11.7 Å². The second-order valence-electron chi connectivity index (χ2n) is 28.5. The van der Waals surface area contributed by atoms with Gasteiger partial charge in [-0.05, 0) is 139 Å². The van der Waals surface area contributed by atoms with Crippen molar-refractivity contribution in [3.05, 3.63) is 173 Å². The van der Waals surface area contributed by atoms with E-state index in [0.29, 0.717) is 64.3 Å². The largest absolute Gasteiger partial charge is 0.508 e. The lowest BCUT2D eigenvalue weighted by atomic mass is 9.99. The maximum atomic E-state index is 15.5. The number of aromatic amines is 1. The molecule has 3 heterocycles. The number of benzene rings is 5. The van der Waals surface area contributed by atoms with Crippen molar-refractivity contribution in [2.45, 2.75) is 179 Å². The summed E-state index contributed by atoms with van der Waals surface area (Å²) < 4.78 is 0. The zero-order valence-electron chi connectivity index (χ0n) is 63.3. The topological polar surface area (TPSA) is 462 Å². The number of carbonyl (C=O) groups is 11. The number of unbranched alkanes of at least 4 members (excludes halogenated alkanes) is 1. The number of aromatic hydroxyl groups is 1. The lowest BCUT2D eigenvalue weighted by Gasteiger charge is -2.33. The van der Waals surface area contributed by atoms with Gasteiger partial charge in [0, 0.05) is 81.8 Å². The number of nitrogens with one attached hydrogen (secondary N) is 11. The first kappa shape index (κ1) is 85.0. The van der Waals surface area contributed by atoms with Crippen molar-refractivity contribution in [2.75, 3.05) is 37.8 Å². The predicted octanol–water partition coefficient (Wildman–Crippen LogP) is 2.98. The standard InChI is InChI=1S/C79H101ClN18O13/c1-45(2)36-60(69(103)88-59(17-10-11-34-84-46(3)4)77(111)98-35-13-18-66(98)74(108)85-47(5)68(81)102)89-72(106)63(39-50-22-29-57(30-23-50)87-79-94-78(82)95-96-79)92-75(109)67(42-51-24-31-58(101)32-25-51)97(7)76(110)65(44-99)93-73(107)64(41-53-14-12-33-83-43-53)91-71(105)62(38-49-20-27-56(80)28-21-49)90-70(104)61(86-48(6)100)40-52-19-26-54-15-8-9-16-55(54)37-52/h8-9,12,14-16,19-33,37,43,45-47,59-67,84,99,101H,10-11,13,17-18,34-36,38-42,44H2,1-7H3,(H2,81,102)(H,85,108)(H,86,100)(H,88,103)(H,89,106)(H,90,104)(H,91,105)(H,92,109)(H,93,107)(H4,82,87,94,95,96). The summed E-state index contributed by atoms with van der Waals surface area (Å²) in [5, 5.41) is 58.7. The highest BCUT2D eigenvalue weighted by atomic mass is 35.5. The molecule has 0 saturated carbocycles. The number of anilines is 3. The SMILES string of the molecule is CC(=O)NC(Cc1ccc2ccccc2c1)C(=O)NC(Cc1ccc(Cl)cc1)C(=O)NC(Cc1cccnc1)C(=O)NC(CO)C(=O)N(C)C(Cc1ccc(O)cc1)C(=O)NC(Cc1ccc(Nc2nc(N)n[nH]2)cc1)C(=O)NC(CC(C)C)C(=O)NC(CCCCNC(C)C)C(=O)N1CCCC1C(=O)NC(C)C(N)=O. The Morgan fingerprint density at radius 1 is 0.613 bits per heavy atom. The van der Waals surface area contributed by atoms with Crippen LogP contribution in [0, 0.1) is 5.92 Å². The fourth-order valence-electron chi connectivity index (χ4n) is 12.9. The number of nitrogens with two attached hydrogens (primary N) is 2. The van der Waals surface area contributed by atoms with Gasteiger partial charge in [0.25, 0.3) is 0 Å². The van der Waals surface area contributed by atoms with E-state index in [1.165, 1.54) is 62.5 Å². The van der Waals surface area contributed by atoms with Crippen molar-refractivity contribution in [3.63, 3.8) is 0 Å². The fraction of sp³-hybridized carbons (Fsp3) is 0.418. The summed E-state index contributed by atoms with van der Waals surface area (Å²) in [5.74, 6) is -8.74. The van der Waals surface area contributed by atoms with Crippen LogP contribution in [-0.4, -0.2) is 198 Å². The number of likely N-dealkylation sites (N-methyl/N-ethyl adjacent to an activating group) is 1. The second kappa shape index (κ2) is 41.3. The molecule has 1 aliphatic rings. The second-order valence-corrected chi connectivity index (χ2v) is 29.0. The summed E-state index contributed by atoms with van der Waals surface area (Å²) in [6.45, 7) is 10.0. The van der Waals surface area contributed by atoms with E-state index in [1.807, 2.05) is 70.2 Å². The van der Waals surface area contributed by atoms with E-state index in [4.69, 9.17) is 23.1 Å². The van der Waals surface area contributed by atoms with Crippen LogP contribution < -0.4 is 64.6 Å². The Kier molecular flexibility index (Phi) is 31.6. The molecule has 111 heavy (non-hydrogen) atoms. The summed E-state index contributed by atoms with van der Waals surface area (Å²) >= 11 is 6.27. The minimum Gasteiger partial charge on any atom is -0.508 e. The number of primary amides is 1. The van der Waals surface area contributed by atoms with Crippen molar-refractivity contribution >= 4 is 105 Å². The molecule has 17 N–H and O–H groups in total. The maximum absolute atomic E-state index is 15.5. The molecule has 1 fully saturated rings. The number of carbonyl (C=O) groups excluding carboxylic acids is 11. The monoisotopic (exact) mass is 1540 g/mol. The number of amides is 11. The third-order valence-electron chi connectivity index (χ3n) is 18.9. The number of likely N-dealkylation sites (tertiary alicyclic amines) is 1. The quantitative estimate of drug-likeness (QED) is 0.0245. The van der Waals surface area contributed by atoms with E-state index in [9.17, 15) is 48.6 Å². The number of hydrogen-bond acceptors (Lipinski definition) is 19. The van der Waals surface area contributed by atoms with Crippen LogP contribution in [0.25, 0.3) is 10.8 Å². The normalized spacial score (nSPS) is 15.1. The Morgan fingerprint density at radius 3 is 1.73 bits per heavy atom. The van der Waals surface area contributed by atoms with Gasteiger partial charge in [-0.15, -0.1) is 5.10 Å². The van der Waals surface area contributed by atoms with Crippen LogP contribution in [0.4, 0.5) is 17.6 Å². The molecule has 11 amide bonds. The van der Waals surface area contributed by atoms with Gasteiger partial charge in [0.1, 0.15) is 66.2 Å². The summed E-state index contributed by atoms with van der Waals surface area (Å²) in [7, 11) is 1.25. The van der Waals surface area contributed by atoms with Crippen LogP contribution in [-0.2, 0) is 84.8 Å². The summed E-state index contributed by atoms with van der Waals surface area (Å²) in [6.07, 6.45) is 4.05. The molecule has 5 aromatic carbocycles. The first-order valence-corrected chi connectivity index (χ1v) is 37.4. The molecule has 10 atom stereocenters. The molecule has 0 spiro atoms. The van der Waals surface area contributed by atoms with E-state index in [2.05, 4.69) is 73.3 Å². The molecule has 7 aromatic rings. The molecule has 0 aliphatic carbocycles. The lowest BCUT2D eigenvalue weighted by molar-refractivity contribution is -0.144. The average molecular weight is 1550 g/mol. The molecular formula is C79H101ClN18O13. The van der Waals surface area contributed by atoms with Crippen LogP contribution in [0.1, 0.15) is 108 Å². The minimum atomic E-state index is -1.83. The van der Waals surface area contributed by atoms with E-state index in [-0.39, 0.29) is 87.5 Å². The Hall–Kier alpha value is -11.6. The van der Waals surface area contributed by atoms with Crippen molar-refractivity contribution in [3.8, 4) is 5.75 Å². The Labute approximate surface area is 649 Å². The van der Waals surface area contributed by atoms with Crippen LogP contribution >= 0.6 is 11.6 Å². The molecule has 8 rings (SSSR count). The van der Waals surface area contributed by atoms with Gasteiger partial charge in [0.2, 0.25) is 76.9 Å². The number of fused-ring (bicyclic) bond motifs is 1. The van der Waals surface area contributed by atoms with Crippen molar-refractivity contribution < 1.29 is 63.0 Å². The first-order chi connectivity index (χ1) is 53.0. The Balaban J connectivity index is 1.07. The van der Waals surface area contributed by atoms with E-state index in [0.717, 1.165) is 15.7 Å². The van der Waals surface area contributed by atoms with Crippen molar-refractivity contribution in [1.82, 2.24) is 77.8 Å². The molecule has 10 unspecified atom stereocenters. The Bertz CT molecular complexity index is 4340. The molecule has 592 valence electrons. The van der Waals surface area contributed by atoms with Gasteiger partial charge >= 0.3 is 0 Å². The number of nitrogen functional groups attached to an aromatic ring is 1. The number of halogens is 1. The van der Waals surface area contributed by atoms with E-state index in [1.54, 1.807) is 60.7 Å². The van der Waals surface area contributed by atoms with Gasteiger partial charge in [0.15, 0.2) is 0 Å². The molecule has 1 aliphatic heterocycles. The first-order valence-electron chi connectivity index (χ1n) is 37.0. The van der Waals surface area contributed by atoms with Crippen LogP contribution in [0.3, 0.4) is 0 Å². The van der Waals surface area contributed by atoms with Crippen molar-refractivity contribution in [1.29, 1.82) is 0 Å². The average Bonchev–Trinajstić information content (AvgIpc) is 1.58. The summed E-state index contributed by atoms with van der Waals surface area (Å²) in [4.78, 5) is 169. The number of aliphatic hydroxyl groups is 1. The molecule has 2 aromatic heterocycles. The number of phenols is 1. The Morgan fingerprint density at radius 2 is 1.15 bits per heavy atom. The van der Waals surface area contributed by atoms with Gasteiger partial charge in [-0.25, -0.2) is 5.10 Å². The molecule has 31 nitrogen and oxygen atoms in total. The number of H-pyrrole nitrogens is 1. The summed E-state index contributed by atoms with van der Waals surface area (Å²) in [6, 6.07) is 21.9. The molecule has 0 radical (unpaired) electrons. The third kappa shape index (κ3) is 26.1. The minimum absolute atomic E-state index is 0.0121. The molecule has 0 bridgehead atoms. The van der Waals surface area contributed by atoms with Gasteiger partial charge in [-0.2, -0.15) is 4.98 Å². The van der Waals surface area contributed by atoms with Gasteiger partial charge in [-0.1, -0.05) is 124 Å². The maximum Gasteiger partial charge on any atom is 0.247 e. The number of pyridine rings is 1. The zero-order chi connectivity index (χ0) is 80.4. The number of aromatic nitrogens is 4. The number of hydrogen-bond donors (Lipinski definition) is 15. The van der Waals surface area contributed by atoms with Gasteiger partial charge < -0.3 is 84.6 Å². The number of aliphatic hydroxyl groups excluding tert-OH is 1. The van der Waals surface area contributed by atoms with Crippen LogP contribution in [0.2, 0.25) is 5.02 Å². The number of phenolic OH excluding ortho intramolecular Hbond substituents is 1. The van der Waals surface area contributed by atoms with E-state index >= 15 is 14.4 Å². The number of rotatable bonds is 40. The van der Waals surface area contributed by atoms with Crippen LogP contribution in [0.5, 0.6) is 5.75 Å².